The number of nitriles is 1. The van der Waals surface area contributed by atoms with Crippen LogP contribution in [0.15, 0.2) is 48.5 Å². The highest BCUT2D eigenvalue weighted by Crippen LogP contribution is 2.24. The van der Waals surface area contributed by atoms with Crippen LogP contribution in [-0.2, 0) is 6.54 Å². The zero-order valence-electron chi connectivity index (χ0n) is 16.3. The second-order valence-electron chi connectivity index (χ2n) is 7.44. The van der Waals surface area contributed by atoms with Gasteiger partial charge in [0.05, 0.1) is 17.6 Å². The average molecular weight is 392 g/mol. The molecular weight excluding hydrogens is 367 g/mol. The van der Waals surface area contributed by atoms with Gasteiger partial charge < -0.3 is 20.1 Å². The summed E-state index contributed by atoms with van der Waals surface area (Å²) >= 11 is 0. The van der Waals surface area contributed by atoms with E-state index in [0.717, 1.165) is 55.0 Å². The third-order valence-corrected chi connectivity index (χ3v) is 5.46. The number of rotatable bonds is 7. The molecule has 1 aromatic heterocycles. The molecule has 0 radical (unpaired) electrons. The molecule has 0 aliphatic carbocycles. The van der Waals surface area contributed by atoms with Crippen LogP contribution in [-0.4, -0.2) is 46.7 Å². The Labute approximate surface area is 170 Å². The fourth-order valence-electron chi connectivity index (χ4n) is 3.87. The molecule has 0 unspecified atom stereocenters. The van der Waals surface area contributed by atoms with Crippen molar-refractivity contribution in [3.05, 3.63) is 59.9 Å². The molecule has 2 heterocycles. The predicted molar refractivity (Wildman–Crippen MR) is 112 cm³/mol. The molecule has 0 bridgehead atoms. The van der Waals surface area contributed by atoms with Crippen LogP contribution in [0.3, 0.4) is 0 Å². The van der Waals surface area contributed by atoms with Gasteiger partial charge in [0.1, 0.15) is 5.82 Å². The van der Waals surface area contributed by atoms with Gasteiger partial charge in [0, 0.05) is 32.2 Å². The molecule has 4 rings (SSSR count). The Morgan fingerprint density at radius 1 is 1.10 bits per heavy atom. The number of hydrogen-bond donors (Lipinski definition) is 2. The van der Waals surface area contributed by atoms with Gasteiger partial charge in [0.2, 0.25) is 5.95 Å². The second-order valence-corrected chi connectivity index (χ2v) is 7.44. The molecule has 7 heteroatoms. The minimum Gasteiger partial charge on any atom is -0.353 e. The van der Waals surface area contributed by atoms with E-state index in [1.165, 1.54) is 12.1 Å². The van der Waals surface area contributed by atoms with Crippen LogP contribution in [0.1, 0.15) is 18.4 Å². The fourth-order valence-corrected chi connectivity index (χ4v) is 3.87. The number of piperidine rings is 1. The first-order chi connectivity index (χ1) is 14.2. The third-order valence-electron chi connectivity index (χ3n) is 5.46. The maximum atomic E-state index is 13.3. The van der Waals surface area contributed by atoms with Gasteiger partial charge in [0.15, 0.2) is 6.19 Å². The Bertz CT molecular complexity index is 983. The van der Waals surface area contributed by atoms with Crippen LogP contribution in [0, 0.1) is 17.3 Å². The van der Waals surface area contributed by atoms with Crippen molar-refractivity contribution in [2.45, 2.75) is 25.4 Å². The van der Waals surface area contributed by atoms with Gasteiger partial charge >= 0.3 is 0 Å². The van der Waals surface area contributed by atoms with E-state index in [1.807, 2.05) is 36.5 Å². The molecule has 6 nitrogen and oxygen atoms in total. The van der Waals surface area contributed by atoms with Gasteiger partial charge in [-0.3, -0.25) is 0 Å². The quantitative estimate of drug-likeness (QED) is 0.367. The summed E-state index contributed by atoms with van der Waals surface area (Å²) in [6.07, 6.45) is 4.04. The van der Waals surface area contributed by atoms with Gasteiger partial charge in [-0.15, -0.1) is 0 Å². The molecule has 0 spiro atoms. The molecule has 29 heavy (non-hydrogen) atoms. The van der Waals surface area contributed by atoms with Crippen molar-refractivity contribution in [2.24, 2.45) is 0 Å². The van der Waals surface area contributed by atoms with Crippen molar-refractivity contribution < 1.29 is 4.39 Å². The van der Waals surface area contributed by atoms with Crippen LogP contribution in [0.5, 0.6) is 0 Å². The van der Waals surface area contributed by atoms with E-state index >= 15 is 0 Å². The molecule has 1 aliphatic heterocycles. The van der Waals surface area contributed by atoms with Crippen molar-refractivity contribution in [2.75, 3.05) is 31.5 Å². The van der Waals surface area contributed by atoms with Crippen molar-refractivity contribution in [3.63, 3.8) is 0 Å². The van der Waals surface area contributed by atoms with Gasteiger partial charge in [0.25, 0.3) is 0 Å². The second kappa shape index (κ2) is 8.93. The van der Waals surface area contributed by atoms with E-state index in [4.69, 9.17) is 10.2 Å². The summed E-state index contributed by atoms with van der Waals surface area (Å²) in [4.78, 5) is 7.20. The van der Waals surface area contributed by atoms with E-state index in [1.54, 1.807) is 0 Å². The van der Waals surface area contributed by atoms with Gasteiger partial charge in [-0.05, 0) is 42.7 Å². The summed E-state index contributed by atoms with van der Waals surface area (Å²) in [5.74, 6) is 0.638. The molecule has 2 N–H and O–H groups in total. The predicted octanol–water partition coefficient (Wildman–Crippen LogP) is 3.17. The molecule has 2 aromatic carbocycles. The minimum absolute atomic E-state index is 0.223. The van der Waals surface area contributed by atoms with Crippen LogP contribution in [0.4, 0.5) is 10.3 Å². The number of aromatic nitrogens is 2. The fraction of sp³-hybridized carbons (Fsp3) is 0.364. The van der Waals surface area contributed by atoms with Crippen molar-refractivity contribution in [3.8, 4) is 6.19 Å². The first kappa shape index (κ1) is 19.2. The molecule has 150 valence electrons. The lowest BCUT2D eigenvalue weighted by molar-refractivity contribution is 0.221. The number of benzene rings is 2. The summed E-state index contributed by atoms with van der Waals surface area (Å²) < 4.78 is 15.5. The number of imidazole rings is 1. The van der Waals surface area contributed by atoms with Crippen molar-refractivity contribution >= 4 is 17.0 Å². The van der Waals surface area contributed by atoms with Gasteiger partial charge in [-0.1, -0.05) is 24.3 Å². The van der Waals surface area contributed by atoms with Crippen LogP contribution in [0.25, 0.3) is 11.0 Å². The number of nitrogens with zero attached hydrogens (tertiary/aromatic N) is 4. The van der Waals surface area contributed by atoms with E-state index in [-0.39, 0.29) is 5.82 Å². The van der Waals surface area contributed by atoms with E-state index < -0.39 is 0 Å². The number of fused-ring (bicyclic) bond motifs is 1. The standard InChI is InChI=1S/C22H25FN6/c23-18-7-5-17(6-8-18)15-29-21-4-2-1-3-20(21)27-22(29)26-19-9-12-28(13-10-19)14-11-25-16-24/h1-8,19,25H,9-15H2,(H,26,27). The number of halogens is 1. The van der Waals surface area contributed by atoms with Crippen LogP contribution < -0.4 is 10.6 Å². The van der Waals surface area contributed by atoms with Crippen LogP contribution in [0.2, 0.25) is 0 Å². The average Bonchev–Trinajstić information content (AvgIpc) is 3.08. The molecule has 0 atom stereocenters. The summed E-state index contributed by atoms with van der Waals surface area (Å²) in [6.45, 7) is 4.24. The largest absolute Gasteiger partial charge is 0.353 e. The van der Waals surface area contributed by atoms with E-state index in [9.17, 15) is 4.39 Å². The Kier molecular flexibility index (Phi) is 5.92. The minimum atomic E-state index is -0.223. The van der Waals surface area contributed by atoms with E-state index in [2.05, 4.69) is 26.2 Å². The Hall–Kier alpha value is -3.11. The number of likely N-dealkylation sites (tertiary alicyclic amines) is 1. The number of para-hydroxylation sites is 2. The Balaban J connectivity index is 1.47. The first-order valence-corrected chi connectivity index (χ1v) is 10.0. The maximum Gasteiger partial charge on any atom is 0.204 e. The molecule has 0 saturated carbocycles. The topological polar surface area (TPSA) is 68.9 Å². The third kappa shape index (κ3) is 4.66. The summed E-state index contributed by atoms with van der Waals surface area (Å²) in [5.41, 5.74) is 3.06. The Morgan fingerprint density at radius 2 is 1.86 bits per heavy atom. The lowest BCUT2D eigenvalue weighted by atomic mass is 10.1. The normalized spacial score (nSPS) is 15.3. The molecule has 1 saturated heterocycles. The van der Waals surface area contributed by atoms with Gasteiger partial charge in [-0.25, -0.2) is 9.37 Å². The SMILES string of the molecule is N#CNCCN1CCC(Nc2nc3ccccc3n2Cc2ccc(F)cc2)CC1. The summed E-state index contributed by atoms with van der Waals surface area (Å²) in [7, 11) is 0. The number of anilines is 1. The smallest absolute Gasteiger partial charge is 0.204 e. The summed E-state index contributed by atoms with van der Waals surface area (Å²) in [5, 5.41) is 14.9. The van der Waals surface area contributed by atoms with Crippen molar-refractivity contribution in [1.29, 1.82) is 5.26 Å². The van der Waals surface area contributed by atoms with E-state index in [0.29, 0.717) is 19.1 Å². The zero-order chi connectivity index (χ0) is 20.1. The molecule has 1 fully saturated rings. The lowest BCUT2D eigenvalue weighted by Crippen LogP contribution is -2.41. The first-order valence-electron chi connectivity index (χ1n) is 10.0. The molecule has 3 aromatic rings. The monoisotopic (exact) mass is 392 g/mol. The summed E-state index contributed by atoms with van der Waals surface area (Å²) in [6, 6.07) is 15.1. The highest BCUT2D eigenvalue weighted by molar-refractivity contribution is 5.78. The number of hydrogen-bond acceptors (Lipinski definition) is 5. The molecular formula is C22H25FN6. The number of nitrogens with one attached hydrogen (secondary N) is 2. The van der Waals surface area contributed by atoms with Crippen molar-refractivity contribution in [1.82, 2.24) is 19.8 Å². The van der Waals surface area contributed by atoms with Crippen LogP contribution >= 0.6 is 0 Å². The maximum absolute atomic E-state index is 13.3. The Morgan fingerprint density at radius 3 is 2.62 bits per heavy atom. The van der Waals surface area contributed by atoms with Gasteiger partial charge in [-0.2, -0.15) is 5.26 Å². The highest BCUT2D eigenvalue weighted by atomic mass is 19.1. The molecule has 1 aliphatic rings. The lowest BCUT2D eigenvalue weighted by Gasteiger charge is -2.32. The molecule has 0 amide bonds. The zero-order valence-corrected chi connectivity index (χ0v) is 16.3. The highest BCUT2D eigenvalue weighted by Gasteiger charge is 2.21.